The van der Waals surface area contributed by atoms with Crippen molar-refractivity contribution in [1.29, 1.82) is 5.41 Å². The minimum atomic E-state index is -0.882. The molecule has 0 aliphatic carbocycles. The van der Waals surface area contributed by atoms with E-state index in [0.717, 1.165) is 27.9 Å². The molecule has 164 valence electrons. The Kier molecular flexibility index (Phi) is 7.65. The van der Waals surface area contributed by atoms with E-state index in [4.69, 9.17) is 11.1 Å². The Balaban J connectivity index is 1.69. The van der Waals surface area contributed by atoms with Gasteiger partial charge in [-0.05, 0) is 34.9 Å². The third-order valence-electron chi connectivity index (χ3n) is 5.31. The lowest BCUT2D eigenvalue weighted by molar-refractivity contribution is -0.137. The summed E-state index contributed by atoms with van der Waals surface area (Å²) < 4.78 is 0. The third kappa shape index (κ3) is 5.76. The molecule has 1 unspecified atom stereocenters. The van der Waals surface area contributed by atoms with Crippen LogP contribution >= 0.6 is 0 Å². The Hall–Kier alpha value is -4.06. The number of aliphatic carboxylic acids is 1. The zero-order chi connectivity index (χ0) is 22.9. The summed E-state index contributed by atoms with van der Waals surface area (Å²) in [6.07, 6.45) is 1.37. The largest absolute Gasteiger partial charge is 0.481 e. The first-order chi connectivity index (χ1) is 15.5. The molecule has 1 atom stereocenters. The van der Waals surface area contributed by atoms with Crippen molar-refractivity contribution in [3.63, 3.8) is 0 Å². The Morgan fingerprint density at radius 3 is 2.34 bits per heavy atom. The quantitative estimate of drug-likeness (QED) is 0.309. The van der Waals surface area contributed by atoms with E-state index in [2.05, 4.69) is 10.6 Å². The fourth-order valence-electron chi connectivity index (χ4n) is 3.60. The van der Waals surface area contributed by atoms with E-state index in [1.165, 1.54) is 6.20 Å². The summed E-state index contributed by atoms with van der Waals surface area (Å²) in [6.45, 7) is 0.609. The predicted molar refractivity (Wildman–Crippen MR) is 129 cm³/mol. The van der Waals surface area contributed by atoms with Gasteiger partial charge in [-0.15, -0.1) is 0 Å². The molecule has 3 aromatic rings. The van der Waals surface area contributed by atoms with Gasteiger partial charge in [-0.3, -0.25) is 10.2 Å². The first-order valence-corrected chi connectivity index (χ1v) is 10.4. The molecule has 0 fully saturated rings. The SMILES string of the molecule is CN/C(=C\N)C(CC(=O)O)c1ccc(NCc2cccc(C(=N)c3ccccc3)c2)cc1. The van der Waals surface area contributed by atoms with Crippen LogP contribution in [0.25, 0.3) is 0 Å². The summed E-state index contributed by atoms with van der Waals surface area (Å²) >= 11 is 0. The molecule has 32 heavy (non-hydrogen) atoms. The van der Waals surface area contributed by atoms with Gasteiger partial charge in [-0.2, -0.15) is 0 Å². The monoisotopic (exact) mass is 428 g/mol. The molecular formula is C26H28N4O2. The number of rotatable bonds is 10. The van der Waals surface area contributed by atoms with Crippen LogP contribution in [0.4, 0.5) is 5.69 Å². The van der Waals surface area contributed by atoms with Crippen molar-refractivity contribution in [3.05, 3.63) is 113 Å². The van der Waals surface area contributed by atoms with Gasteiger partial charge in [0.15, 0.2) is 0 Å². The van der Waals surface area contributed by atoms with E-state index in [-0.39, 0.29) is 12.3 Å². The lowest BCUT2D eigenvalue weighted by Crippen LogP contribution is -2.19. The van der Waals surface area contributed by atoms with Gasteiger partial charge in [0.25, 0.3) is 0 Å². The first-order valence-electron chi connectivity index (χ1n) is 10.4. The predicted octanol–water partition coefficient (Wildman–Crippen LogP) is 4.29. The average Bonchev–Trinajstić information content (AvgIpc) is 2.83. The van der Waals surface area contributed by atoms with Crippen molar-refractivity contribution in [2.24, 2.45) is 5.73 Å². The highest BCUT2D eigenvalue weighted by molar-refractivity contribution is 6.10. The third-order valence-corrected chi connectivity index (χ3v) is 5.31. The molecule has 6 heteroatoms. The molecule has 6 N–H and O–H groups in total. The van der Waals surface area contributed by atoms with Crippen LogP contribution in [0.2, 0.25) is 0 Å². The van der Waals surface area contributed by atoms with E-state index in [9.17, 15) is 9.90 Å². The second kappa shape index (κ2) is 10.8. The van der Waals surface area contributed by atoms with E-state index < -0.39 is 5.97 Å². The molecule has 0 aromatic heterocycles. The van der Waals surface area contributed by atoms with Gasteiger partial charge in [0.05, 0.1) is 12.1 Å². The number of allylic oxidation sites excluding steroid dienone is 1. The van der Waals surface area contributed by atoms with Crippen molar-refractivity contribution < 1.29 is 9.90 Å². The number of carboxylic acids is 1. The van der Waals surface area contributed by atoms with Gasteiger partial charge >= 0.3 is 5.97 Å². The maximum Gasteiger partial charge on any atom is 0.304 e. The van der Waals surface area contributed by atoms with Gasteiger partial charge < -0.3 is 21.5 Å². The van der Waals surface area contributed by atoms with E-state index in [1.54, 1.807) is 7.05 Å². The molecule has 0 amide bonds. The highest BCUT2D eigenvalue weighted by atomic mass is 16.4. The van der Waals surface area contributed by atoms with Crippen molar-refractivity contribution in [1.82, 2.24) is 5.32 Å². The minimum absolute atomic E-state index is 0.0448. The molecule has 0 aliphatic heterocycles. The van der Waals surface area contributed by atoms with Gasteiger partial charge in [0, 0.05) is 42.7 Å². The van der Waals surface area contributed by atoms with E-state index >= 15 is 0 Å². The summed E-state index contributed by atoms with van der Waals surface area (Å²) in [6, 6.07) is 25.3. The maximum absolute atomic E-state index is 11.3. The summed E-state index contributed by atoms with van der Waals surface area (Å²) in [7, 11) is 1.73. The molecule has 0 heterocycles. The Morgan fingerprint density at radius 2 is 1.72 bits per heavy atom. The molecule has 0 radical (unpaired) electrons. The van der Waals surface area contributed by atoms with Crippen molar-refractivity contribution >= 4 is 17.4 Å². The lowest BCUT2D eigenvalue weighted by atomic mass is 9.92. The van der Waals surface area contributed by atoms with Crippen LogP contribution in [0.1, 0.15) is 34.6 Å². The smallest absolute Gasteiger partial charge is 0.304 e. The maximum atomic E-state index is 11.3. The van der Waals surface area contributed by atoms with Crippen LogP contribution < -0.4 is 16.4 Å². The molecule has 0 spiro atoms. The van der Waals surface area contributed by atoms with Gasteiger partial charge in [0.1, 0.15) is 0 Å². The van der Waals surface area contributed by atoms with Crippen LogP contribution in [0.15, 0.2) is 90.8 Å². The minimum Gasteiger partial charge on any atom is -0.481 e. The van der Waals surface area contributed by atoms with Crippen LogP contribution in [-0.4, -0.2) is 23.8 Å². The Bertz CT molecular complexity index is 1090. The van der Waals surface area contributed by atoms with Crippen LogP contribution in [-0.2, 0) is 11.3 Å². The number of likely N-dealkylation sites (N-methyl/N-ethyl adjacent to an activating group) is 1. The lowest BCUT2D eigenvalue weighted by Gasteiger charge is -2.19. The summed E-state index contributed by atoms with van der Waals surface area (Å²) in [5.74, 6) is -1.22. The molecule has 0 aliphatic rings. The highest BCUT2D eigenvalue weighted by Gasteiger charge is 2.19. The van der Waals surface area contributed by atoms with Crippen molar-refractivity contribution in [3.8, 4) is 0 Å². The standard InChI is InChI=1S/C26H28N4O2/c1-29-24(16-27)23(15-25(31)32)19-10-12-22(13-11-19)30-17-18-6-5-9-21(14-18)26(28)20-7-3-2-4-8-20/h2-14,16,23,28-30H,15,17,27H2,1H3,(H,31,32)/b24-16-,28-26?. The summed E-state index contributed by atoms with van der Waals surface area (Å²) in [5, 5.41) is 24.1. The van der Waals surface area contributed by atoms with E-state index in [0.29, 0.717) is 18.0 Å². The summed E-state index contributed by atoms with van der Waals surface area (Å²) in [5.41, 5.74) is 11.5. The zero-order valence-electron chi connectivity index (χ0n) is 18.0. The Labute approximate surface area is 188 Å². The normalized spacial score (nSPS) is 12.1. The molecular weight excluding hydrogens is 400 g/mol. The number of benzene rings is 3. The first kappa shape index (κ1) is 22.6. The van der Waals surface area contributed by atoms with Crippen molar-refractivity contribution in [2.45, 2.75) is 18.9 Å². The number of hydrogen-bond donors (Lipinski definition) is 5. The molecule has 3 aromatic carbocycles. The van der Waals surface area contributed by atoms with Crippen LogP contribution in [0, 0.1) is 5.41 Å². The fourth-order valence-corrected chi connectivity index (χ4v) is 3.60. The van der Waals surface area contributed by atoms with Crippen LogP contribution in [0.5, 0.6) is 0 Å². The topological polar surface area (TPSA) is 111 Å². The second-order valence-corrected chi connectivity index (χ2v) is 7.44. The number of nitrogens with one attached hydrogen (secondary N) is 3. The number of anilines is 1. The average molecular weight is 429 g/mol. The van der Waals surface area contributed by atoms with Gasteiger partial charge in [0.2, 0.25) is 0 Å². The number of carbonyl (C=O) groups is 1. The van der Waals surface area contributed by atoms with Crippen LogP contribution in [0.3, 0.4) is 0 Å². The number of nitrogens with two attached hydrogens (primary N) is 1. The number of hydrogen-bond acceptors (Lipinski definition) is 5. The molecule has 6 nitrogen and oxygen atoms in total. The fraction of sp³-hybridized carbons (Fsp3) is 0.154. The molecule has 3 rings (SSSR count). The molecule has 0 bridgehead atoms. The Morgan fingerprint density at radius 1 is 1.03 bits per heavy atom. The highest BCUT2D eigenvalue weighted by Crippen LogP contribution is 2.27. The van der Waals surface area contributed by atoms with Gasteiger partial charge in [-0.1, -0.05) is 60.7 Å². The van der Waals surface area contributed by atoms with Crippen molar-refractivity contribution in [2.75, 3.05) is 12.4 Å². The second-order valence-electron chi connectivity index (χ2n) is 7.44. The molecule has 0 saturated heterocycles. The molecule has 0 saturated carbocycles. The van der Waals surface area contributed by atoms with E-state index in [1.807, 2.05) is 78.9 Å². The zero-order valence-corrected chi connectivity index (χ0v) is 18.0. The van der Waals surface area contributed by atoms with Gasteiger partial charge in [-0.25, -0.2) is 0 Å². The number of carboxylic acid groups (broad SMARTS) is 1. The summed E-state index contributed by atoms with van der Waals surface area (Å²) in [4.78, 5) is 11.3.